The molecule has 1 N–H and O–H groups in total. The molecule has 2 aromatic rings. The second-order valence-corrected chi connectivity index (χ2v) is 6.19. The summed E-state index contributed by atoms with van der Waals surface area (Å²) < 4.78 is 56.1. The van der Waals surface area contributed by atoms with Gasteiger partial charge in [0.15, 0.2) is 21.4 Å². The molecule has 21 heavy (non-hydrogen) atoms. The third kappa shape index (κ3) is 2.92. The monoisotopic (exact) mass is 317 g/mol. The summed E-state index contributed by atoms with van der Waals surface area (Å²) in [5.41, 5.74) is -0.879. The fourth-order valence-corrected chi connectivity index (χ4v) is 3.04. The molecular weight excluding hydrogens is 308 g/mol. The minimum atomic E-state index is -4.24. The van der Waals surface area contributed by atoms with Crippen LogP contribution in [-0.4, -0.2) is 24.7 Å². The van der Waals surface area contributed by atoms with Gasteiger partial charge in [0.1, 0.15) is 22.0 Å². The average molecular weight is 317 g/mol. The first-order chi connectivity index (χ1) is 9.72. The van der Waals surface area contributed by atoms with E-state index in [1.54, 1.807) is 6.92 Å². The van der Waals surface area contributed by atoms with Crippen molar-refractivity contribution < 1.29 is 31.6 Å². The van der Waals surface area contributed by atoms with Crippen LogP contribution >= 0.6 is 0 Å². The van der Waals surface area contributed by atoms with Gasteiger partial charge < -0.3 is 9.63 Å². The van der Waals surface area contributed by atoms with Gasteiger partial charge in [-0.2, -0.15) is 0 Å². The third-order valence-corrected chi connectivity index (χ3v) is 4.26. The number of hydrogen-bond donors (Lipinski definition) is 1. The van der Waals surface area contributed by atoms with Gasteiger partial charge in [0.25, 0.3) is 0 Å². The summed E-state index contributed by atoms with van der Waals surface area (Å²) >= 11 is 0. The van der Waals surface area contributed by atoms with Crippen molar-refractivity contribution in [2.75, 3.05) is 0 Å². The van der Waals surface area contributed by atoms with Gasteiger partial charge in [0, 0.05) is 6.07 Å². The van der Waals surface area contributed by atoms with E-state index in [0.29, 0.717) is 17.8 Å². The molecule has 0 aliphatic heterocycles. The number of sulfone groups is 1. The average Bonchev–Trinajstić information content (AvgIpc) is 2.72. The fourth-order valence-electron chi connectivity index (χ4n) is 1.72. The van der Waals surface area contributed by atoms with Crippen LogP contribution in [-0.2, 0) is 15.6 Å². The molecule has 112 valence electrons. The fraction of sp³-hybridized carbons (Fsp3) is 0.167. The molecular formula is C12H9F2NO5S. The number of hydrogen-bond acceptors (Lipinski definition) is 5. The number of benzene rings is 1. The molecule has 0 aliphatic carbocycles. The maximum Gasteiger partial charge on any atom is 0.341 e. The lowest BCUT2D eigenvalue weighted by Crippen LogP contribution is -2.12. The largest absolute Gasteiger partial charge is 0.477 e. The summed E-state index contributed by atoms with van der Waals surface area (Å²) in [6.45, 7) is 1.57. The van der Waals surface area contributed by atoms with Gasteiger partial charge in [0.05, 0.1) is 5.69 Å². The number of aryl methyl sites for hydroxylation is 1. The molecule has 6 nitrogen and oxygen atoms in total. The van der Waals surface area contributed by atoms with Crippen LogP contribution in [0.25, 0.3) is 0 Å². The van der Waals surface area contributed by atoms with Crippen molar-refractivity contribution >= 4 is 15.8 Å². The van der Waals surface area contributed by atoms with Crippen LogP contribution in [0.4, 0.5) is 8.78 Å². The lowest BCUT2D eigenvalue weighted by atomic mass is 10.2. The molecule has 1 aromatic carbocycles. The molecule has 0 saturated heterocycles. The van der Waals surface area contributed by atoms with Crippen LogP contribution < -0.4 is 0 Å². The molecule has 0 spiro atoms. The highest BCUT2D eigenvalue weighted by molar-refractivity contribution is 7.90. The van der Waals surface area contributed by atoms with Crippen LogP contribution in [0.5, 0.6) is 0 Å². The van der Waals surface area contributed by atoms with Gasteiger partial charge in [-0.3, -0.25) is 0 Å². The number of aromatic nitrogens is 1. The molecule has 0 bridgehead atoms. The van der Waals surface area contributed by atoms with Crippen LogP contribution in [0.2, 0.25) is 0 Å². The molecule has 0 radical (unpaired) electrons. The minimum Gasteiger partial charge on any atom is -0.477 e. The van der Waals surface area contributed by atoms with Gasteiger partial charge in [-0.15, -0.1) is 0 Å². The van der Waals surface area contributed by atoms with Gasteiger partial charge in [0.2, 0.25) is 0 Å². The van der Waals surface area contributed by atoms with E-state index in [9.17, 15) is 22.0 Å². The maximum absolute atomic E-state index is 13.9. The molecule has 9 heteroatoms. The zero-order valence-electron chi connectivity index (χ0n) is 10.6. The van der Waals surface area contributed by atoms with Gasteiger partial charge >= 0.3 is 5.97 Å². The van der Waals surface area contributed by atoms with Crippen molar-refractivity contribution in [3.8, 4) is 0 Å². The first-order valence-electron chi connectivity index (χ1n) is 5.58. The molecule has 0 atom stereocenters. The zero-order chi connectivity index (χ0) is 15.8. The van der Waals surface area contributed by atoms with Crippen molar-refractivity contribution in [1.29, 1.82) is 0 Å². The number of halogens is 2. The Morgan fingerprint density at radius 2 is 2.05 bits per heavy atom. The lowest BCUT2D eigenvalue weighted by molar-refractivity contribution is 0.0685. The van der Waals surface area contributed by atoms with E-state index in [2.05, 4.69) is 5.16 Å². The van der Waals surface area contributed by atoms with Crippen molar-refractivity contribution in [3.05, 3.63) is 46.9 Å². The Kier molecular flexibility index (Phi) is 3.77. The van der Waals surface area contributed by atoms with E-state index in [0.717, 1.165) is 0 Å². The van der Waals surface area contributed by atoms with Crippen LogP contribution in [0, 0.1) is 18.6 Å². The van der Waals surface area contributed by atoms with Crippen molar-refractivity contribution in [2.24, 2.45) is 0 Å². The molecule has 1 aromatic heterocycles. The van der Waals surface area contributed by atoms with Crippen LogP contribution in [0.1, 0.15) is 21.8 Å². The Labute approximate surface area is 117 Å². The molecule has 0 unspecified atom stereocenters. The van der Waals surface area contributed by atoms with Crippen LogP contribution in [0.15, 0.2) is 27.6 Å². The summed E-state index contributed by atoms with van der Waals surface area (Å²) in [5.74, 6) is -5.63. The molecule has 0 saturated carbocycles. The number of aromatic carboxylic acids is 1. The molecule has 0 aliphatic rings. The third-order valence-electron chi connectivity index (χ3n) is 2.61. The smallest absolute Gasteiger partial charge is 0.341 e. The van der Waals surface area contributed by atoms with E-state index < -0.39 is 43.7 Å². The highest BCUT2D eigenvalue weighted by atomic mass is 32.2. The predicted octanol–water partition coefficient (Wildman–Crippen LogP) is 1.93. The quantitative estimate of drug-likeness (QED) is 0.865. The number of carboxylic acid groups (broad SMARTS) is 1. The first kappa shape index (κ1) is 15.1. The first-order valence-corrected chi connectivity index (χ1v) is 7.24. The molecule has 0 amide bonds. The molecule has 1 heterocycles. The Morgan fingerprint density at radius 1 is 1.38 bits per heavy atom. The molecule has 2 rings (SSSR count). The lowest BCUT2D eigenvalue weighted by Gasteiger charge is -2.07. The highest BCUT2D eigenvalue weighted by Gasteiger charge is 2.28. The Morgan fingerprint density at radius 3 is 2.57 bits per heavy atom. The summed E-state index contributed by atoms with van der Waals surface area (Å²) in [4.78, 5) is 9.87. The highest BCUT2D eigenvalue weighted by Crippen LogP contribution is 2.24. The van der Waals surface area contributed by atoms with Gasteiger partial charge in [-0.1, -0.05) is 5.16 Å². The topological polar surface area (TPSA) is 97.5 Å². The van der Waals surface area contributed by atoms with E-state index >= 15 is 0 Å². The van der Waals surface area contributed by atoms with E-state index in [-0.39, 0.29) is 5.76 Å². The van der Waals surface area contributed by atoms with Crippen molar-refractivity contribution in [2.45, 2.75) is 17.6 Å². The second-order valence-electron chi connectivity index (χ2n) is 4.23. The van der Waals surface area contributed by atoms with E-state index in [1.807, 2.05) is 0 Å². The predicted molar refractivity (Wildman–Crippen MR) is 65.4 cm³/mol. The standard InChI is InChI=1S/C12H9F2NO5S/c1-6-4-7(20-15-6)5-21(18,19)9-3-2-8(13)10(11(9)14)12(16)17/h2-4H,5H2,1H3,(H,16,17). The van der Waals surface area contributed by atoms with Gasteiger partial charge in [-0.05, 0) is 19.1 Å². The number of carboxylic acids is 1. The number of rotatable bonds is 4. The normalized spacial score (nSPS) is 11.6. The Bertz CT molecular complexity index is 813. The van der Waals surface area contributed by atoms with Crippen molar-refractivity contribution in [1.82, 2.24) is 5.16 Å². The van der Waals surface area contributed by atoms with Crippen molar-refractivity contribution in [3.63, 3.8) is 0 Å². The second kappa shape index (κ2) is 5.24. The maximum atomic E-state index is 13.9. The Balaban J connectivity index is 2.50. The van der Waals surface area contributed by atoms with E-state index in [4.69, 9.17) is 9.63 Å². The summed E-state index contributed by atoms with van der Waals surface area (Å²) in [7, 11) is -4.24. The van der Waals surface area contributed by atoms with E-state index in [1.165, 1.54) is 6.07 Å². The van der Waals surface area contributed by atoms with Crippen LogP contribution in [0.3, 0.4) is 0 Å². The number of nitrogens with zero attached hydrogens (tertiary/aromatic N) is 1. The Hall–Kier alpha value is -2.29. The number of carbonyl (C=O) groups is 1. The zero-order valence-corrected chi connectivity index (χ0v) is 11.4. The van der Waals surface area contributed by atoms with Gasteiger partial charge in [-0.25, -0.2) is 22.0 Å². The SMILES string of the molecule is Cc1cc(CS(=O)(=O)c2ccc(F)c(C(=O)O)c2F)on1. The molecule has 0 fully saturated rings. The summed E-state index contributed by atoms with van der Waals surface area (Å²) in [6, 6.07) is 2.61. The minimum absolute atomic E-state index is 0.0342. The summed E-state index contributed by atoms with van der Waals surface area (Å²) in [5, 5.41) is 12.2. The summed E-state index contributed by atoms with van der Waals surface area (Å²) in [6.07, 6.45) is 0.